The maximum atomic E-state index is 12.1. The number of hydrogen-bond acceptors (Lipinski definition) is 2. The highest BCUT2D eigenvalue weighted by Crippen LogP contribution is 2.20. The van der Waals surface area contributed by atoms with Crippen LogP contribution in [0.25, 0.3) is 0 Å². The molecule has 0 N–H and O–H groups in total. The summed E-state index contributed by atoms with van der Waals surface area (Å²) in [5, 5.41) is 0. The predicted molar refractivity (Wildman–Crippen MR) is 88.3 cm³/mol. The highest BCUT2D eigenvalue weighted by Gasteiger charge is 2.08. The summed E-state index contributed by atoms with van der Waals surface area (Å²) < 4.78 is 22.7. The third-order valence-electron chi connectivity index (χ3n) is 3.79. The van der Waals surface area contributed by atoms with Crippen LogP contribution in [-0.4, -0.2) is 26.5 Å². The van der Waals surface area contributed by atoms with Crippen molar-refractivity contribution in [1.29, 1.82) is 0 Å². The average Bonchev–Trinajstić information content (AvgIpc) is 2.51. The predicted octanol–water partition coefficient (Wildman–Crippen LogP) is 5.67. The van der Waals surface area contributed by atoms with E-state index in [0.29, 0.717) is 13.2 Å². The van der Waals surface area contributed by atoms with E-state index in [9.17, 15) is 4.39 Å². The first kappa shape index (κ1) is 20.4. The van der Waals surface area contributed by atoms with E-state index in [-0.39, 0.29) is 5.76 Å². The Morgan fingerprint density at radius 1 is 0.905 bits per heavy atom. The second kappa shape index (κ2) is 15.8. The molecule has 0 bridgehead atoms. The largest absolute Gasteiger partial charge is 0.493 e. The number of allylic oxidation sites excluding steroid dienone is 1. The van der Waals surface area contributed by atoms with Crippen molar-refractivity contribution in [2.45, 2.75) is 71.6 Å². The van der Waals surface area contributed by atoms with Crippen molar-refractivity contribution in [1.82, 2.24) is 0 Å². The van der Waals surface area contributed by atoms with Gasteiger partial charge in [-0.25, -0.2) is 4.39 Å². The van der Waals surface area contributed by atoms with Gasteiger partial charge in [0.25, 0.3) is 0 Å². The number of alkyl halides is 1. The first-order valence-electron chi connectivity index (χ1n) is 8.68. The zero-order valence-corrected chi connectivity index (χ0v) is 14.2. The van der Waals surface area contributed by atoms with E-state index in [1.807, 2.05) is 0 Å². The molecule has 0 fully saturated rings. The quantitative estimate of drug-likeness (QED) is 0.270. The van der Waals surface area contributed by atoms with Crippen molar-refractivity contribution in [2.24, 2.45) is 5.92 Å². The van der Waals surface area contributed by atoms with Gasteiger partial charge in [0.05, 0.1) is 6.61 Å². The molecule has 21 heavy (non-hydrogen) atoms. The van der Waals surface area contributed by atoms with Gasteiger partial charge in [0.2, 0.25) is 0 Å². The standard InChI is InChI=1S/C18H35FO2/c1-4-6-8-9-11-18(10-7-5-2)12-13-20-14-15-21-17(3)16-19/h18H,3-16H2,1-2H3. The van der Waals surface area contributed by atoms with E-state index < -0.39 is 6.67 Å². The van der Waals surface area contributed by atoms with Crippen LogP contribution in [0.5, 0.6) is 0 Å². The zero-order chi connectivity index (χ0) is 15.8. The van der Waals surface area contributed by atoms with Gasteiger partial charge in [-0.05, 0) is 12.3 Å². The molecule has 0 aromatic carbocycles. The molecular weight excluding hydrogens is 267 g/mol. The Morgan fingerprint density at radius 2 is 1.62 bits per heavy atom. The van der Waals surface area contributed by atoms with Crippen molar-refractivity contribution in [3.05, 3.63) is 12.3 Å². The summed E-state index contributed by atoms with van der Waals surface area (Å²) in [6.45, 7) is 9.05. The molecule has 0 aliphatic heterocycles. The van der Waals surface area contributed by atoms with Crippen LogP contribution in [-0.2, 0) is 9.47 Å². The molecule has 1 atom stereocenters. The second-order valence-electron chi connectivity index (χ2n) is 5.78. The van der Waals surface area contributed by atoms with Gasteiger partial charge in [-0.15, -0.1) is 0 Å². The SMILES string of the molecule is C=C(CF)OCCOCCC(CCCC)CCCCCC. The molecule has 0 saturated heterocycles. The Bertz CT molecular complexity index is 231. The van der Waals surface area contributed by atoms with Crippen LogP contribution >= 0.6 is 0 Å². The molecule has 0 aliphatic carbocycles. The molecule has 0 radical (unpaired) electrons. The van der Waals surface area contributed by atoms with Gasteiger partial charge in [0.1, 0.15) is 19.0 Å². The Labute approximate surface area is 131 Å². The van der Waals surface area contributed by atoms with E-state index in [1.165, 1.54) is 51.4 Å². The number of unbranched alkanes of at least 4 members (excludes halogenated alkanes) is 4. The van der Waals surface area contributed by atoms with Crippen LogP contribution < -0.4 is 0 Å². The summed E-state index contributed by atoms with van der Waals surface area (Å²) in [6.07, 6.45) is 11.7. The summed E-state index contributed by atoms with van der Waals surface area (Å²) in [7, 11) is 0. The van der Waals surface area contributed by atoms with Crippen LogP contribution in [0.4, 0.5) is 4.39 Å². The molecule has 0 saturated carbocycles. The van der Waals surface area contributed by atoms with Gasteiger partial charge in [-0.1, -0.05) is 71.8 Å². The summed E-state index contributed by atoms with van der Waals surface area (Å²) >= 11 is 0. The molecule has 0 heterocycles. The molecule has 2 nitrogen and oxygen atoms in total. The van der Waals surface area contributed by atoms with E-state index in [2.05, 4.69) is 20.4 Å². The van der Waals surface area contributed by atoms with Crippen molar-refractivity contribution in [3.8, 4) is 0 Å². The summed E-state index contributed by atoms with van der Waals surface area (Å²) in [6, 6.07) is 0. The smallest absolute Gasteiger partial charge is 0.146 e. The number of halogens is 1. The fraction of sp³-hybridized carbons (Fsp3) is 0.889. The van der Waals surface area contributed by atoms with E-state index in [1.54, 1.807) is 0 Å². The lowest BCUT2D eigenvalue weighted by Crippen LogP contribution is -2.09. The van der Waals surface area contributed by atoms with Gasteiger partial charge in [0.15, 0.2) is 0 Å². The van der Waals surface area contributed by atoms with E-state index in [0.717, 1.165) is 18.9 Å². The Balaban J connectivity index is 3.62. The molecular formula is C18H35FO2. The molecule has 0 rings (SSSR count). The molecule has 0 aromatic rings. The van der Waals surface area contributed by atoms with Gasteiger partial charge in [-0.2, -0.15) is 0 Å². The van der Waals surface area contributed by atoms with Gasteiger partial charge in [0, 0.05) is 6.61 Å². The van der Waals surface area contributed by atoms with Crippen LogP contribution in [0, 0.1) is 5.92 Å². The fourth-order valence-electron chi connectivity index (χ4n) is 2.42. The van der Waals surface area contributed by atoms with Crippen LogP contribution in [0.1, 0.15) is 71.6 Å². The highest BCUT2D eigenvalue weighted by atomic mass is 19.1. The summed E-state index contributed by atoms with van der Waals surface area (Å²) in [5.74, 6) is 0.985. The monoisotopic (exact) mass is 302 g/mol. The molecule has 0 spiro atoms. The van der Waals surface area contributed by atoms with Crippen molar-refractivity contribution in [2.75, 3.05) is 26.5 Å². The molecule has 1 unspecified atom stereocenters. The number of hydrogen-bond donors (Lipinski definition) is 0. The first-order valence-corrected chi connectivity index (χ1v) is 8.68. The summed E-state index contributed by atoms with van der Waals surface area (Å²) in [4.78, 5) is 0. The van der Waals surface area contributed by atoms with E-state index >= 15 is 0 Å². The topological polar surface area (TPSA) is 18.5 Å². The maximum absolute atomic E-state index is 12.1. The average molecular weight is 302 g/mol. The second-order valence-corrected chi connectivity index (χ2v) is 5.78. The third kappa shape index (κ3) is 14.1. The van der Waals surface area contributed by atoms with Gasteiger partial charge in [-0.3, -0.25) is 0 Å². The molecule has 126 valence electrons. The lowest BCUT2D eigenvalue weighted by Gasteiger charge is -2.16. The molecule has 0 amide bonds. The number of ether oxygens (including phenoxy) is 2. The van der Waals surface area contributed by atoms with Crippen LogP contribution in [0.15, 0.2) is 12.3 Å². The first-order chi connectivity index (χ1) is 10.2. The number of rotatable bonds is 16. The fourth-order valence-corrected chi connectivity index (χ4v) is 2.42. The minimum Gasteiger partial charge on any atom is -0.493 e. The Hall–Kier alpha value is -0.570. The summed E-state index contributed by atoms with van der Waals surface area (Å²) in [5.41, 5.74) is 0. The van der Waals surface area contributed by atoms with Gasteiger partial charge >= 0.3 is 0 Å². The van der Waals surface area contributed by atoms with Crippen LogP contribution in [0.2, 0.25) is 0 Å². The lowest BCUT2D eigenvalue weighted by molar-refractivity contribution is 0.0634. The highest BCUT2D eigenvalue weighted by molar-refractivity contribution is 4.80. The minimum absolute atomic E-state index is 0.190. The third-order valence-corrected chi connectivity index (χ3v) is 3.79. The van der Waals surface area contributed by atoms with Gasteiger partial charge < -0.3 is 9.47 Å². The van der Waals surface area contributed by atoms with E-state index in [4.69, 9.17) is 9.47 Å². The molecule has 0 aliphatic rings. The normalized spacial score (nSPS) is 12.3. The molecule has 0 aromatic heterocycles. The minimum atomic E-state index is -0.614. The Kier molecular flexibility index (Phi) is 15.4. The maximum Gasteiger partial charge on any atom is 0.146 e. The Morgan fingerprint density at radius 3 is 2.29 bits per heavy atom. The van der Waals surface area contributed by atoms with Crippen molar-refractivity contribution >= 4 is 0 Å². The van der Waals surface area contributed by atoms with Crippen molar-refractivity contribution in [3.63, 3.8) is 0 Å². The van der Waals surface area contributed by atoms with Crippen LogP contribution in [0.3, 0.4) is 0 Å². The van der Waals surface area contributed by atoms with Crippen molar-refractivity contribution < 1.29 is 13.9 Å². The lowest BCUT2D eigenvalue weighted by atomic mass is 9.92. The molecule has 3 heteroatoms. The zero-order valence-electron chi connectivity index (χ0n) is 14.2.